The molecular weight excluding hydrogens is 338 g/mol. The normalized spacial score (nSPS) is 17.0. The number of fused-ring (bicyclic) bond motifs is 1. The van der Waals surface area contributed by atoms with E-state index >= 15 is 0 Å². The minimum Gasteiger partial charge on any atom is -0.481 e. The summed E-state index contributed by atoms with van der Waals surface area (Å²) in [6.07, 6.45) is 1.17. The number of benzene rings is 2. The van der Waals surface area contributed by atoms with Crippen molar-refractivity contribution in [2.24, 2.45) is 0 Å². The monoisotopic (exact) mass is 369 g/mol. The van der Waals surface area contributed by atoms with Crippen LogP contribution in [0.15, 0.2) is 42.5 Å². The lowest BCUT2D eigenvalue weighted by Gasteiger charge is -2.32. The van der Waals surface area contributed by atoms with Crippen LogP contribution in [0.4, 0.5) is 0 Å². The number of likely N-dealkylation sites (N-methyl/N-ethyl adjacent to an activating group) is 1. The molecule has 1 saturated heterocycles. The van der Waals surface area contributed by atoms with E-state index in [1.807, 2.05) is 37.3 Å². The maximum atomic E-state index is 12.5. The number of piperazine rings is 1. The van der Waals surface area contributed by atoms with Crippen molar-refractivity contribution in [3.05, 3.63) is 42.5 Å². The fraction of sp³-hybridized carbons (Fsp3) is 0.500. The van der Waals surface area contributed by atoms with Crippen molar-refractivity contribution in [1.82, 2.24) is 15.1 Å². The van der Waals surface area contributed by atoms with Gasteiger partial charge in [-0.3, -0.25) is 4.79 Å². The Morgan fingerprint density at radius 2 is 1.85 bits per heavy atom. The minimum absolute atomic E-state index is 0.0240. The molecule has 3 rings (SSSR count). The third-order valence-electron chi connectivity index (χ3n) is 5.21. The molecule has 2 aromatic rings. The van der Waals surface area contributed by atoms with E-state index < -0.39 is 6.10 Å². The van der Waals surface area contributed by atoms with Gasteiger partial charge >= 0.3 is 0 Å². The molecule has 1 fully saturated rings. The Kier molecular flexibility index (Phi) is 7.07. The van der Waals surface area contributed by atoms with E-state index in [1.54, 1.807) is 0 Å². The van der Waals surface area contributed by atoms with E-state index in [9.17, 15) is 4.79 Å². The van der Waals surface area contributed by atoms with Gasteiger partial charge in [0.15, 0.2) is 6.10 Å². The number of hydrogen-bond acceptors (Lipinski definition) is 4. The van der Waals surface area contributed by atoms with Crippen molar-refractivity contribution in [1.29, 1.82) is 0 Å². The SMILES string of the molecule is CC[C@H](Oc1ccc2ccccc2c1)C(=O)NCCCN1CCN(C)CC1. The van der Waals surface area contributed by atoms with Gasteiger partial charge in [-0.05, 0) is 49.3 Å². The van der Waals surface area contributed by atoms with Gasteiger partial charge in [-0.2, -0.15) is 0 Å². The lowest BCUT2D eigenvalue weighted by Crippen LogP contribution is -2.45. The molecule has 5 heteroatoms. The molecule has 0 radical (unpaired) electrons. The summed E-state index contributed by atoms with van der Waals surface area (Å²) in [6.45, 7) is 8.21. The first-order chi connectivity index (χ1) is 13.2. The Morgan fingerprint density at radius 1 is 1.11 bits per heavy atom. The highest BCUT2D eigenvalue weighted by atomic mass is 16.5. The molecule has 1 atom stereocenters. The Bertz CT molecular complexity index is 741. The second-order valence-electron chi connectivity index (χ2n) is 7.31. The standard InChI is InChI=1S/C22H31N3O2/c1-3-21(27-20-10-9-18-7-4-5-8-19(18)17-20)22(26)23-11-6-12-25-15-13-24(2)14-16-25/h4-5,7-10,17,21H,3,6,11-16H2,1-2H3,(H,23,26)/t21-/m0/s1. The highest BCUT2D eigenvalue weighted by Crippen LogP contribution is 2.22. The zero-order valence-corrected chi connectivity index (χ0v) is 16.5. The maximum Gasteiger partial charge on any atom is 0.261 e. The lowest BCUT2D eigenvalue weighted by atomic mass is 10.1. The molecule has 1 N–H and O–H groups in total. The molecule has 27 heavy (non-hydrogen) atoms. The molecule has 1 amide bonds. The molecule has 146 valence electrons. The molecular formula is C22H31N3O2. The van der Waals surface area contributed by atoms with Gasteiger partial charge < -0.3 is 19.9 Å². The van der Waals surface area contributed by atoms with E-state index in [0.29, 0.717) is 13.0 Å². The summed E-state index contributed by atoms with van der Waals surface area (Å²) in [5.74, 6) is 0.720. The van der Waals surface area contributed by atoms with Crippen LogP contribution in [0.2, 0.25) is 0 Å². The number of nitrogens with one attached hydrogen (secondary N) is 1. The third kappa shape index (κ3) is 5.68. The van der Waals surface area contributed by atoms with Gasteiger partial charge in [0.1, 0.15) is 5.75 Å². The van der Waals surface area contributed by atoms with Gasteiger partial charge in [0.05, 0.1) is 0 Å². The van der Waals surface area contributed by atoms with Crippen LogP contribution in [0.3, 0.4) is 0 Å². The summed E-state index contributed by atoms with van der Waals surface area (Å²) in [5.41, 5.74) is 0. The Balaban J connectivity index is 1.44. The first kappa shape index (κ1) is 19.6. The number of hydrogen-bond donors (Lipinski definition) is 1. The van der Waals surface area contributed by atoms with Crippen molar-refractivity contribution in [2.75, 3.05) is 46.3 Å². The molecule has 0 aliphatic carbocycles. The second kappa shape index (κ2) is 9.72. The lowest BCUT2D eigenvalue weighted by molar-refractivity contribution is -0.128. The topological polar surface area (TPSA) is 44.8 Å². The summed E-state index contributed by atoms with van der Waals surface area (Å²) >= 11 is 0. The second-order valence-corrected chi connectivity index (χ2v) is 7.31. The summed E-state index contributed by atoms with van der Waals surface area (Å²) in [5, 5.41) is 5.33. The average Bonchev–Trinajstić information content (AvgIpc) is 2.70. The number of ether oxygens (including phenoxy) is 1. The van der Waals surface area contributed by atoms with E-state index in [4.69, 9.17) is 4.74 Å². The van der Waals surface area contributed by atoms with E-state index in [0.717, 1.165) is 50.3 Å². The highest BCUT2D eigenvalue weighted by molar-refractivity contribution is 5.84. The number of nitrogens with zero attached hydrogens (tertiary/aromatic N) is 2. The van der Waals surface area contributed by atoms with Crippen LogP contribution >= 0.6 is 0 Å². The molecule has 1 heterocycles. The number of carbonyl (C=O) groups excluding carboxylic acids is 1. The third-order valence-corrected chi connectivity index (χ3v) is 5.21. The van der Waals surface area contributed by atoms with E-state index in [-0.39, 0.29) is 5.91 Å². The Morgan fingerprint density at radius 3 is 2.59 bits per heavy atom. The number of carbonyl (C=O) groups is 1. The smallest absolute Gasteiger partial charge is 0.261 e. The van der Waals surface area contributed by atoms with Crippen molar-refractivity contribution >= 4 is 16.7 Å². The largest absolute Gasteiger partial charge is 0.481 e. The van der Waals surface area contributed by atoms with Gasteiger partial charge in [0.2, 0.25) is 0 Å². The van der Waals surface area contributed by atoms with Crippen molar-refractivity contribution < 1.29 is 9.53 Å². The van der Waals surface area contributed by atoms with Crippen LogP contribution in [0.5, 0.6) is 5.75 Å². The van der Waals surface area contributed by atoms with Gasteiger partial charge in [-0.25, -0.2) is 0 Å². The molecule has 1 aliphatic heterocycles. The minimum atomic E-state index is -0.449. The highest BCUT2D eigenvalue weighted by Gasteiger charge is 2.18. The Hall–Kier alpha value is -2.11. The average molecular weight is 370 g/mol. The van der Waals surface area contributed by atoms with Crippen molar-refractivity contribution in [3.63, 3.8) is 0 Å². The quantitative estimate of drug-likeness (QED) is 0.727. The zero-order chi connectivity index (χ0) is 19.1. The first-order valence-corrected chi connectivity index (χ1v) is 10.00. The van der Waals surface area contributed by atoms with Crippen LogP contribution in [0.1, 0.15) is 19.8 Å². The summed E-state index contributed by atoms with van der Waals surface area (Å²) < 4.78 is 5.96. The van der Waals surface area contributed by atoms with Crippen LogP contribution in [-0.4, -0.2) is 68.1 Å². The molecule has 5 nitrogen and oxygen atoms in total. The van der Waals surface area contributed by atoms with Crippen molar-refractivity contribution in [2.45, 2.75) is 25.9 Å². The summed E-state index contributed by atoms with van der Waals surface area (Å²) in [6, 6.07) is 14.1. The van der Waals surface area contributed by atoms with E-state index in [2.05, 4.69) is 34.3 Å². The molecule has 2 aromatic carbocycles. The molecule has 0 aromatic heterocycles. The van der Waals surface area contributed by atoms with Crippen LogP contribution in [-0.2, 0) is 4.79 Å². The molecule has 0 spiro atoms. The van der Waals surface area contributed by atoms with Crippen LogP contribution in [0, 0.1) is 0 Å². The summed E-state index contributed by atoms with van der Waals surface area (Å²) in [4.78, 5) is 17.3. The molecule has 0 unspecified atom stereocenters. The molecule has 0 saturated carbocycles. The van der Waals surface area contributed by atoms with E-state index in [1.165, 1.54) is 5.39 Å². The Labute approximate surface area is 162 Å². The zero-order valence-electron chi connectivity index (χ0n) is 16.5. The first-order valence-electron chi connectivity index (χ1n) is 10.00. The predicted octanol–water partition coefficient (Wildman–Crippen LogP) is 2.75. The fourth-order valence-electron chi connectivity index (χ4n) is 3.43. The van der Waals surface area contributed by atoms with Crippen LogP contribution in [0.25, 0.3) is 10.8 Å². The van der Waals surface area contributed by atoms with Gasteiger partial charge in [-0.15, -0.1) is 0 Å². The van der Waals surface area contributed by atoms with Crippen LogP contribution < -0.4 is 10.1 Å². The summed E-state index contributed by atoms with van der Waals surface area (Å²) in [7, 11) is 2.16. The van der Waals surface area contributed by atoms with Gasteiger partial charge in [0, 0.05) is 32.7 Å². The number of amides is 1. The van der Waals surface area contributed by atoms with Gasteiger partial charge in [-0.1, -0.05) is 37.3 Å². The number of rotatable bonds is 8. The van der Waals surface area contributed by atoms with Gasteiger partial charge in [0.25, 0.3) is 5.91 Å². The molecule has 1 aliphatic rings. The van der Waals surface area contributed by atoms with Crippen molar-refractivity contribution in [3.8, 4) is 5.75 Å². The maximum absolute atomic E-state index is 12.5. The molecule has 0 bridgehead atoms. The fourth-order valence-corrected chi connectivity index (χ4v) is 3.43. The predicted molar refractivity (Wildman–Crippen MR) is 110 cm³/mol.